The lowest BCUT2D eigenvalue weighted by Crippen LogP contribution is -2.44. The molecule has 0 saturated carbocycles. The van der Waals surface area contributed by atoms with E-state index < -0.39 is 10.0 Å². The maximum absolute atomic E-state index is 12.0. The number of nitrogens with zero attached hydrogens (tertiary/aromatic N) is 1. The van der Waals surface area contributed by atoms with Crippen molar-refractivity contribution >= 4 is 33.4 Å². The maximum atomic E-state index is 12.0. The predicted octanol–water partition coefficient (Wildman–Crippen LogP) is 0.468. The van der Waals surface area contributed by atoms with Gasteiger partial charge in [-0.3, -0.25) is 0 Å². The van der Waals surface area contributed by atoms with E-state index in [4.69, 9.17) is 16.3 Å². The van der Waals surface area contributed by atoms with E-state index in [-0.39, 0.29) is 28.7 Å². The van der Waals surface area contributed by atoms with E-state index in [9.17, 15) is 8.42 Å². The smallest absolute Gasteiger partial charge is 0.218 e. The van der Waals surface area contributed by atoms with Gasteiger partial charge in [-0.2, -0.15) is 4.31 Å². The number of ether oxygens (including phenoxy) is 1. The minimum atomic E-state index is -3.07. The minimum Gasteiger partial charge on any atom is -0.360 e. The van der Waals surface area contributed by atoms with E-state index in [1.54, 1.807) is 18.8 Å². The van der Waals surface area contributed by atoms with Crippen LogP contribution in [0.25, 0.3) is 0 Å². The van der Waals surface area contributed by atoms with Crippen LogP contribution in [-0.4, -0.2) is 53.7 Å². The van der Waals surface area contributed by atoms with E-state index >= 15 is 0 Å². The molecule has 0 aromatic heterocycles. The largest absolute Gasteiger partial charge is 0.360 e. The zero-order valence-electron chi connectivity index (χ0n) is 8.17. The fourth-order valence-electron chi connectivity index (χ4n) is 2.99. The van der Waals surface area contributed by atoms with Crippen LogP contribution in [-0.2, 0) is 14.8 Å². The van der Waals surface area contributed by atoms with Crippen LogP contribution in [0.15, 0.2) is 0 Å². The molecule has 5 unspecified atom stereocenters. The molecule has 3 fully saturated rings. The number of rotatable bonds is 2. The van der Waals surface area contributed by atoms with E-state index in [0.29, 0.717) is 5.25 Å². The van der Waals surface area contributed by atoms with Crippen molar-refractivity contribution in [3.8, 4) is 0 Å². The van der Waals surface area contributed by atoms with Gasteiger partial charge in [0.2, 0.25) is 10.0 Å². The minimum absolute atomic E-state index is 0.00231. The van der Waals surface area contributed by atoms with E-state index in [1.165, 1.54) is 4.31 Å². The van der Waals surface area contributed by atoms with Gasteiger partial charge in [-0.15, -0.1) is 11.8 Å². The number of hydrogen-bond donors (Lipinski definition) is 0. The highest BCUT2D eigenvalue weighted by atomic mass is 35.5. The number of likely N-dealkylation sites (N-methyl/N-ethyl adjacent to an activating group) is 1. The lowest BCUT2D eigenvalue weighted by atomic mass is 9.92. The molecule has 3 rings (SSSR count). The molecule has 3 aliphatic heterocycles. The molecule has 4 nitrogen and oxygen atoms in total. The highest BCUT2D eigenvalue weighted by Crippen LogP contribution is 2.56. The molecule has 0 radical (unpaired) electrons. The van der Waals surface area contributed by atoms with Crippen LogP contribution < -0.4 is 0 Å². The number of sulfonamides is 1. The van der Waals surface area contributed by atoms with Gasteiger partial charge in [-0.1, -0.05) is 11.6 Å². The summed E-state index contributed by atoms with van der Waals surface area (Å²) >= 11 is 7.33. The molecule has 15 heavy (non-hydrogen) atoms. The average molecular weight is 270 g/mol. The summed E-state index contributed by atoms with van der Waals surface area (Å²) in [4.78, 5) is 0. The molecule has 3 aliphatic rings. The van der Waals surface area contributed by atoms with Crippen molar-refractivity contribution in [3.05, 3.63) is 0 Å². The quantitative estimate of drug-likeness (QED) is 0.684. The molecule has 0 spiro atoms. The second-order valence-corrected chi connectivity index (χ2v) is 8.06. The van der Waals surface area contributed by atoms with Crippen LogP contribution in [0, 0.1) is 0 Å². The van der Waals surface area contributed by atoms with Crippen LogP contribution in [0.5, 0.6) is 0 Å². The first kappa shape index (κ1) is 10.7. The Balaban J connectivity index is 1.99. The van der Waals surface area contributed by atoms with Gasteiger partial charge in [0, 0.05) is 17.5 Å². The Labute approximate surface area is 98.3 Å². The summed E-state index contributed by atoms with van der Waals surface area (Å²) in [6, 6.07) is 0.145. The van der Waals surface area contributed by atoms with Crippen molar-refractivity contribution in [3.63, 3.8) is 0 Å². The third-order valence-electron chi connectivity index (χ3n) is 3.66. The predicted molar refractivity (Wildman–Crippen MR) is 59.6 cm³/mol. The Morgan fingerprint density at radius 1 is 1.60 bits per heavy atom. The van der Waals surface area contributed by atoms with Gasteiger partial charge in [0.05, 0.1) is 17.4 Å². The molecular weight excluding hydrogens is 258 g/mol. The molecule has 0 aliphatic carbocycles. The normalized spacial score (nSPS) is 51.5. The van der Waals surface area contributed by atoms with Crippen LogP contribution in [0.4, 0.5) is 0 Å². The van der Waals surface area contributed by atoms with Gasteiger partial charge >= 0.3 is 0 Å². The Morgan fingerprint density at radius 2 is 2.33 bits per heavy atom. The molecule has 0 amide bonds. The zero-order chi connectivity index (χ0) is 10.8. The standard InChI is InChI=1S/C8H12ClNO3S2/c1-10-6-7(13-3-9)4-2-5(8(6)14-4)15(10,11)12/h4-8H,2-3H2,1H3. The van der Waals surface area contributed by atoms with Crippen LogP contribution in [0.1, 0.15) is 6.42 Å². The van der Waals surface area contributed by atoms with Gasteiger partial charge in [-0.05, 0) is 6.42 Å². The highest BCUT2D eigenvalue weighted by molar-refractivity contribution is 8.03. The van der Waals surface area contributed by atoms with Gasteiger partial charge < -0.3 is 4.74 Å². The second-order valence-electron chi connectivity index (χ2n) is 4.21. The number of fused-ring (bicyclic) bond motifs is 1. The van der Waals surface area contributed by atoms with E-state index in [2.05, 4.69) is 0 Å². The summed E-state index contributed by atoms with van der Waals surface area (Å²) in [5.74, 6) is 0. The average Bonchev–Trinajstić information content (AvgIpc) is 2.77. The van der Waals surface area contributed by atoms with E-state index in [1.807, 2.05) is 0 Å². The molecule has 5 atom stereocenters. The Morgan fingerprint density at radius 3 is 3.00 bits per heavy atom. The molecule has 7 heteroatoms. The van der Waals surface area contributed by atoms with Crippen LogP contribution in [0.2, 0.25) is 0 Å². The van der Waals surface area contributed by atoms with Gasteiger partial charge in [0.25, 0.3) is 0 Å². The van der Waals surface area contributed by atoms with Crippen LogP contribution in [0.3, 0.4) is 0 Å². The lowest BCUT2D eigenvalue weighted by Gasteiger charge is -2.26. The third kappa shape index (κ3) is 1.20. The molecule has 0 aromatic rings. The number of hydrogen-bond acceptors (Lipinski definition) is 4. The van der Waals surface area contributed by atoms with Gasteiger partial charge in [0.1, 0.15) is 6.07 Å². The van der Waals surface area contributed by atoms with Crippen molar-refractivity contribution < 1.29 is 13.2 Å². The number of alkyl halides is 1. The number of halogens is 1. The molecule has 3 saturated heterocycles. The first-order valence-electron chi connectivity index (χ1n) is 4.87. The van der Waals surface area contributed by atoms with Crippen LogP contribution >= 0.6 is 23.4 Å². The monoisotopic (exact) mass is 269 g/mol. The first-order chi connectivity index (χ1) is 7.07. The summed E-state index contributed by atoms with van der Waals surface area (Å²) in [5, 5.41) is 0.319. The fraction of sp³-hybridized carbons (Fsp3) is 1.00. The Hall–Kier alpha value is 0.510. The summed E-state index contributed by atoms with van der Waals surface area (Å²) in [6.07, 6.45) is 0.705. The Bertz CT molecular complexity index is 387. The second kappa shape index (κ2) is 3.26. The summed E-state index contributed by atoms with van der Waals surface area (Å²) in [5.41, 5.74) is 0. The van der Waals surface area contributed by atoms with Crippen molar-refractivity contribution in [1.29, 1.82) is 0 Å². The van der Waals surface area contributed by atoms with Crippen molar-refractivity contribution in [2.45, 2.75) is 34.3 Å². The molecule has 2 bridgehead atoms. The lowest BCUT2D eigenvalue weighted by molar-refractivity contribution is 0.0392. The highest BCUT2D eigenvalue weighted by Gasteiger charge is 2.66. The summed E-state index contributed by atoms with van der Waals surface area (Å²) < 4.78 is 30.9. The van der Waals surface area contributed by atoms with E-state index in [0.717, 1.165) is 6.42 Å². The zero-order valence-corrected chi connectivity index (χ0v) is 10.6. The molecule has 86 valence electrons. The molecule has 0 N–H and O–H groups in total. The van der Waals surface area contributed by atoms with Gasteiger partial charge in [-0.25, -0.2) is 8.42 Å². The topological polar surface area (TPSA) is 46.6 Å². The van der Waals surface area contributed by atoms with Crippen molar-refractivity contribution in [2.24, 2.45) is 0 Å². The van der Waals surface area contributed by atoms with Crippen molar-refractivity contribution in [1.82, 2.24) is 4.31 Å². The van der Waals surface area contributed by atoms with Gasteiger partial charge in [0.15, 0.2) is 0 Å². The van der Waals surface area contributed by atoms with Crippen molar-refractivity contribution in [2.75, 3.05) is 13.1 Å². The third-order valence-corrected chi connectivity index (χ3v) is 7.99. The first-order valence-corrected chi connectivity index (χ1v) is 7.85. The maximum Gasteiger partial charge on any atom is 0.218 e. The summed E-state index contributed by atoms with van der Waals surface area (Å²) in [7, 11) is -1.41. The molecule has 3 heterocycles. The fourth-order valence-corrected chi connectivity index (χ4v) is 7.82. The number of thioether (sulfide) groups is 1. The summed E-state index contributed by atoms with van der Waals surface area (Å²) in [6.45, 7) is 0. The SMILES string of the molecule is CN1C2C(OCCl)C3CC(C2S3)S1(=O)=O. The Kier molecular flexibility index (Phi) is 2.31. The molecular formula is C8H12ClNO3S2. The molecule has 0 aromatic carbocycles.